The van der Waals surface area contributed by atoms with Crippen molar-refractivity contribution in [3.63, 3.8) is 0 Å². The normalized spacial score (nSPS) is 30.1. The molecule has 0 heterocycles. The Kier molecular flexibility index (Phi) is 4.51. The molecule has 0 aliphatic heterocycles. The Bertz CT molecular complexity index is 271. The van der Waals surface area contributed by atoms with Crippen molar-refractivity contribution in [1.29, 1.82) is 0 Å². The Hall–Kier alpha value is -0.530. The fourth-order valence-corrected chi connectivity index (χ4v) is 3.09. The molecule has 2 unspecified atom stereocenters. The van der Waals surface area contributed by atoms with Crippen LogP contribution >= 0.6 is 0 Å². The van der Waals surface area contributed by atoms with Gasteiger partial charge in [0.2, 0.25) is 0 Å². The van der Waals surface area contributed by atoms with Gasteiger partial charge in [-0.15, -0.1) is 0 Å². The first-order valence-electron chi connectivity index (χ1n) is 7.13. The van der Waals surface area contributed by atoms with Crippen LogP contribution in [-0.2, 0) is 9.53 Å². The summed E-state index contributed by atoms with van der Waals surface area (Å²) in [7, 11) is 1.51. The van der Waals surface area contributed by atoms with Gasteiger partial charge < -0.3 is 4.74 Å². The second-order valence-corrected chi connectivity index (χ2v) is 8.05. The maximum absolute atomic E-state index is 11.9. The van der Waals surface area contributed by atoms with E-state index in [0.29, 0.717) is 11.8 Å². The van der Waals surface area contributed by atoms with Gasteiger partial charge in [-0.25, -0.2) is 0 Å². The molecule has 2 heteroatoms. The molecule has 0 spiro atoms. The predicted octanol–water partition coefficient (Wildman–Crippen LogP) is 4.28. The Labute approximate surface area is 112 Å². The minimum atomic E-state index is -0.0156. The van der Waals surface area contributed by atoms with E-state index in [1.54, 1.807) is 0 Å². The summed E-state index contributed by atoms with van der Waals surface area (Å²) >= 11 is 0. The van der Waals surface area contributed by atoms with Crippen molar-refractivity contribution in [2.75, 3.05) is 7.11 Å². The van der Waals surface area contributed by atoms with Gasteiger partial charge in [0.15, 0.2) is 0 Å². The minimum absolute atomic E-state index is 0.0156. The third-order valence-electron chi connectivity index (χ3n) is 4.69. The molecule has 0 aromatic rings. The van der Waals surface area contributed by atoms with Crippen molar-refractivity contribution in [3.05, 3.63) is 0 Å². The lowest BCUT2D eigenvalue weighted by molar-refractivity contribution is -0.149. The number of carbonyl (C=O) groups excluding carboxylic acids is 1. The van der Waals surface area contributed by atoms with E-state index < -0.39 is 0 Å². The first-order valence-corrected chi connectivity index (χ1v) is 7.13. The molecule has 2 atom stereocenters. The lowest BCUT2D eigenvalue weighted by Crippen LogP contribution is -2.38. The first kappa shape index (κ1) is 15.5. The molecule has 0 bridgehead atoms. The largest absolute Gasteiger partial charge is 0.469 e. The molecule has 0 radical (unpaired) electrons. The highest BCUT2D eigenvalue weighted by Gasteiger charge is 2.41. The molecule has 0 N–H and O–H groups in total. The average Bonchev–Trinajstić information content (AvgIpc) is 2.25. The molecule has 1 rings (SSSR count). The molecule has 1 aliphatic rings. The Balaban J connectivity index is 2.89. The van der Waals surface area contributed by atoms with Crippen LogP contribution in [0.1, 0.15) is 60.8 Å². The van der Waals surface area contributed by atoms with Crippen LogP contribution in [-0.4, -0.2) is 13.1 Å². The van der Waals surface area contributed by atoms with Gasteiger partial charge in [0, 0.05) is 0 Å². The van der Waals surface area contributed by atoms with Crippen LogP contribution in [0.2, 0.25) is 0 Å². The van der Waals surface area contributed by atoms with Gasteiger partial charge in [-0.3, -0.25) is 4.79 Å². The number of hydrogen-bond acceptors (Lipinski definition) is 2. The van der Waals surface area contributed by atoms with Crippen LogP contribution in [0, 0.1) is 28.6 Å². The molecule has 0 aromatic heterocycles. The third kappa shape index (κ3) is 3.73. The zero-order chi connectivity index (χ0) is 14.1. The zero-order valence-corrected chi connectivity index (χ0v) is 13.2. The minimum Gasteiger partial charge on any atom is -0.469 e. The van der Waals surface area contributed by atoms with Crippen molar-refractivity contribution < 1.29 is 9.53 Å². The molecule has 0 amide bonds. The van der Waals surface area contributed by atoms with Crippen molar-refractivity contribution in [2.24, 2.45) is 28.6 Å². The third-order valence-corrected chi connectivity index (χ3v) is 4.69. The van der Waals surface area contributed by atoms with Crippen LogP contribution in [0.15, 0.2) is 0 Å². The van der Waals surface area contributed by atoms with Gasteiger partial charge in [0.25, 0.3) is 0 Å². The van der Waals surface area contributed by atoms with Crippen LogP contribution in [0.5, 0.6) is 0 Å². The Morgan fingerprint density at radius 3 is 1.56 bits per heavy atom. The van der Waals surface area contributed by atoms with Crippen LogP contribution in [0.25, 0.3) is 0 Å². The van der Waals surface area contributed by atoms with Crippen LogP contribution in [0.4, 0.5) is 0 Å². The van der Waals surface area contributed by atoms with E-state index in [2.05, 4.69) is 41.5 Å². The lowest BCUT2D eigenvalue weighted by Gasteiger charge is -2.45. The average molecular weight is 254 g/mol. The Morgan fingerprint density at radius 1 is 0.889 bits per heavy atom. The van der Waals surface area contributed by atoms with E-state index in [9.17, 15) is 4.79 Å². The summed E-state index contributed by atoms with van der Waals surface area (Å²) in [6.45, 7) is 13.7. The number of methoxy groups -OCH3 is 1. The van der Waals surface area contributed by atoms with Gasteiger partial charge in [-0.1, -0.05) is 41.5 Å². The quantitative estimate of drug-likeness (QED) is 0.653. The van der Waals surface area contributed by atoms with Gasteiger partial charge in [-0.05, 0) is 41.9 Å². The van der Waals surface area contributed by atoms with Crippen LogP contribution in [0.3, 0.4) is 0 Å². The summed E-state index contributed by atoms with van der Waals surface area (Å²) < 4.78 is 4.97. The van der Waals surface area contributed by atoms with E-state index in [1.165, 1.54) is 13.5 Å². The predicted molar refractivity (Wildman–Crippen MR) is 75.2 cm³/mol. The van der Waals surface area contributed by atoms with Crippen molar-refractivity contribution in [1.82, 2.24) is 0 Å². The number of ether oxygens (including phenoxy) is 1. The first-order chi connectivity index (χ1) is 8.05. The van der Waals surface area contributed by atoms with Gasteiger partial charge in [0.1, 0.15) is 0 Å². The van der Waals surface area contributed by atoms with Crippen LogP contribution < -0.4 is 0 Å². The Morgan fingerprint density at radius 2 is 1.28 bits per heavy atom. The standard InChI is InChI=1S/C16H30O2/c1-15(2,3)12-8-11(14(17)18-7)9-13(10-12)16(4,5)6/h11-13H,8-10H2,1-7H3. The van der Waals surface area contributed by atoms with Crippen molar-refractivity contribution in [3.8, 4) is 0 Å². The van der Waals surface area contributed by atoms with Crippen molar-refractivity contribution >= 4 is 5.97 Å². The van der Waals surface area contributed by atoms with Gasteiger partial charge in [0.05, 0.1) is 13.0 Å². The van der Waals surface area contributed by atoms with Gasteiger partial charge >= 0.3 is 5.97 Å². The fourth-order valence-electron chi connectivity index (χ4n) is 3.09. The molecule has 1 saturated carbocycles. The van der Waals surface area contributed by atoms with E-state index in [4.69, 9.17) is 4.74 Å². The second kappa shape index (κ2) is 5.22. The maximum Gasteiger partial charge on any atom is 0.308 e. The molecule has 1 aliphatic carbocycles. The highest BCUT2D eigenvalue weighted by Crippen LogP contribution is 2.48. The molecule has 106 valence electrons. The summed E-state index contributed by atoms with van der Waals surface area (Å²) in [5.74, 6) is 1.30. The van der Waals surface area contributed by atoms with Crippen molar-refractivity contribution in [2.45, 2.75) is 60.8 Å². The van der Waals surface area contributed by atoms with E-state index in [-0.39, 0.29) is 22.7 Å². The smallest absolute Gasteiger partial charge is 0.308 e. The van der Waals surface area contributed by atoms with E-state index in [0.717, 1.165) is 12.8 Å². The molecular formula is C16H30O2. The number of hydrogen-bond donors (Lipinski definition) is 0. The topological polar surface area (TPSA) is 26.3 Å². The monoisotopic (exact) mass is 254 g/mol. The second-order valence-electron chi connectivity index (χ2n) is 8.05. The van der Waals surface area contributed by atoms with Gasteiger partial charge in [-0.2, -0.15) is 0 Å². The highest BCUT2D eigenvalue weighted by atomic mass is 16.5. The summed E-state index contributed by atoms with van der Waals surface area (Å²) in [5, 5.41) is 0. The summed E-state index contributed by atoms with van der Waals surface area (Å²) in [6.07, 6.45) is 3.21. The molecular weight excluding hydrogens is 224 g/mol. The zero-order valence-electron chi connectivity index (χ0n) is 13.2. The van der Waals surface area contributed by atoms with E-state index >= 15 is 0 Å². The SMILES string of the molecule is COC(=O)C1CC(C(C)(C)C)CC(C(C)(C)C)C1. The lowest BCUT2D eigenvalue weighted by atomic mass is 9.60. The summed E-state index contributed by atoms with van der Waals surface area (Å²) in [5.41, 5.74) is 0.548. The number of carbonyl (C=O) groups is 1. The summed E-state index contributed by atoms with van der Waals surface area (Å²) in [4.78, 5) is 11.9. The summed E-state index contributed by atoms with van der Waals surface area (Å²) in [6, 6.07) is 0. The number of esters is 1. The molecule has 2 nitrogen and oxygen atoms in total. The molecule has 0 aromatic carbocycles. The number of rotatable bonds is 1. The highest BCUT2D eigenvalue weighted by molar-refractivity contribution is 5.72. The van der Waals surface area contributed by atoms with E-state index in [1.807, 2.05) is 0 Å². The molecule has 0 saturated heterocycles. The maximum atomic E-state index is 11.9. The fraction of sp³-hybridized carbons (Fsp3) is 0.938. The molecule has 1 fully saturated rings. The molecule has 18 heavy (non-hydrogen) atoms.